The number of halogens is 1. The molecule has 2 aromatic rings. The van der Waals surface area contributed by atoms with Gasteiger partial charge in [-0.25, -0.2) is 5.10 Å². The average molecular weight is 281 g/mol. The molecular weight excluding hydrogens is 268 g/mol. The Balaban J connectivity index is 2.26. The van der Waals surface area contributed by atoms with Crippen LogP contribution in [0.4, 0.5) is 5.95 Å². The van der Waals surface area contributed by atoms with Gasteiger partial charge in [-0.15, -0.1) is 0 Å². The number of amides is 1. The predicted molar refractivity (Wildman–Crippen MR) is 71.6 cm³/mol. The van der Waals surface area contributed by atoms with Gasteiger partial charge in [0.2, 0.25) is 5.95 Å². The molecule has 0 saturated heterocycles. The number of hydrogen-bond donors (Lipinski definition) is 2. The molecule has 0 radical (unpaired) electrons. The highest BCUT2D eigenvalue weighted by molar-refractivity contribution is 6.31. The van der Waals surface area contributed by atoms with Gasteiger partial charge in [-0.1, -0.05) is 11.6 Å². The third-order valence-corrected chi connectivity index (χ3v) is 2.43. The van der Waals surface area contributed by atoms with Crippen LogP contribution in [0.1, 0.15) is 24.2 Å². The predicted octanol–water partition coefficient (Wildman–Crippen LogP) is 2.50. The Morgan fingerprint density at radius 2 is 2.26 bits per heavy atom. The van der Waals surface area contributed by atoms with Gasteiger partial charge < -0.3 is 4.74 Å². The Bertz CT molecular complexity index is 569. The zero-order chi connectivity index (χ0) is 13.8. The molecular formula is C12H13ClN4O2. The topological polar surface area (TPSA) is 79.9 Å². The number of hydrogen-bond acceptors (Lipinski definition) is 4. The summed E-state index contributed by atoms with van der Waals surface area (Å²) in [5, 5.41) is 9.22. The van der Waals surface area contributed by atoms with Crippen LogP contribution in [0.15, 0.2) is 24.5 Å². The lowest BCUT2D eigenvalue weighted by molar-refractivity contribution is 0.102. The second-order valence-electron chi connectivity index (χ2n) is 4.10. The van der Waals surface area contributed by atoms with E-state index in [1.165, 1.54) is 6.33 Å². The Morgan fingerprint density at radius 1 is 1.47 bits per heavy atom. The van der Waals surface area contributed by atoms with Crippen LogP contribution in [0.3, 0.4) is 0 Å². The molecule has 2 rings (SSSR count). The lowest BCUT2D eigenvalue weighted by Crippen LogP contribution is -2.16. The molecule has 0 fully saturated rings. The Labute approximate surface area is 115 Å². The summed E-state index contributed by atoms with van der Waals surface area (Å²) in [5.74, 6) is 0.367. The SMILES string of the molecule is CC(C)Oc1ccc(Cl)cc1C(=O)Nc1ncn[nH]1. The van der Waals surface area contributed by atoms with E-state index in [-0.39, 0.29) is 18.0 Å². The number of benzene rings is 1. The summed E-state index contributed by atoms with van der Waals surface area (Å²) in [6.07, 6.45) is 1.26. The molecule has 0 atom stereocenters. The van der Waals surface area contributed by atoms with Crippen LogP contribution in [0.5, 0.6) is 5.75 Å². The first-order chi connectivity index (χ1) is 9.06. The van der Waals surface area contributed by atoms with Gasteiger partial charge >= 0.3 is 0 Å². The lowest BCUT2D eigenvalue weighted by Gasteiger charge is -2.13. The highest BCUT2D eigenvalue weighted by Crippen LogP contribution is 2.24. The van der Waals surface area contributed by atoms with Crippen molar-refractivity contribution in [2.24, 2.45) is 0 Å². The molecule has 6 nitrogen and oxygen atoms in total. The van der Waals surface area contributed by atoms with E-state index in [1.54, 1.807) is 18.2 Å². The van der Waals surface area contributed by atoms with Crippen LogP contribution >= 0.6 is 11.6 Å². The minimum absolute atomic E-state index is 0.0435. The van der Waals surface area contributed by atoms with Gasteiger partial charge in [0, 0.05) is 5.02 Å². The smallest absolute Gasteiger partial charge is 0.261 e. The van der Waals surface area contributed by atoms with E-state index in [0.717, 1.165) is 0 Å². The third kappa shape index (κ3) is 3.45. The fraction of sp³-hybridized carbons (Fsp3) is 0.250. The second-order valence-corrected chi connectivity index (χ2v) is 4.53. The van der Waals surface area contributed by atoms with Crippen molar-refractivity contribution in [3.05, 3.63) is 35.1 Å². The van der Waals surface area contributed by atoms with Crippen LogP contribution in [0.2, 0.25) is 5.02 Å². The highest BCUT2D eigenvalue weighted by atomic mass is 35.5. The van der Waals surface area contributed by atoms with Crippen LogP contribution in [0.25, 0.3) is 0 Å². The lowest BCUT2D eigenvalue weighted by atomic mass is 10.2. The number of rotatable bonds is 4. The summed E-state index contributed by atoms with van der Waals surface area (Å²) >= 11 is 5.91. The van der Waals surface area contributed by atoms with E-state index >= 15 is 0 Å². The number of aromatic amines is 1. The Morgan fingerprint density at radius 3 is 2.89 bits per heavy atom. The average Bonchev–Trinajstić information content (AvgIpc) is 2.83. The van der Waals surface area contributed by atoms with Gasteiger partial charge in [0.25, 0.3) is 5.91 Å². The zero-order valence-electron chi connectivity index (χ0n) is 10.5. The standard InChI is InChI=1S/C12H13ClN4O2/c1-7(2)19-10-4-3-8(13)5-9(10)11(18)16-12-14-6-15-17-12/h3-7H,1-2H3,(H2,14,15,16,17,18). The molecule has 1 aromatic carbocycles. The van der Waals surface area contributed by atoms with Gasteiger partial charge in [0.15, 0.2) is 0 Å². The van der Waals surface area contributed by atoms with Gasteiger partial charge in [-0.05, 0) is 32.0 Å². The van der Waals surface area contributed by atoms with E-state index in [1.807, 2.05) is 13.8 Å². The molecule has 0 aliphatic heterocycles. The molecule has 19 heavy (non-hydrogen) atoms. The van der Waals surface area contributed by atoms with Crippen LogP contribution in [-0.2, 0) is 0 Å². The largest absolute Gasteiger partial charge is 0.490 e. The quantitative estimate of drug-likeness (QED) is 0.902. The van der Waals surface area contributed by atoms with E-state index in [9.17, 15) is 4.79 Å². The number of anilines is 1. The maximum absolute atomic E-state index is 12.1. The number of nitrogens with zero attached hydrogens (tertiary/aromatic N) is 2. The summed E-state index contributed by atoms with van der Waals surface area (Å²) in [6, 6.07) is 4.88. The van der Waals surface area contributed by atoms with Gasteiger partial charge in [0.05, 0.1) is 11.7 Å². The molecule has 0 unspecified atom stereocenters. The first kappa shape index (κ1) is 13.4. The zero-order valence-corrected chi connectivity index (χ0v) is 11.2. The molecule has 2 N–H and O–H groups in total. The van der Waals surface area contributed by atoms with Crippen molar-refractivity contribution < 1.29 is 9.53 Å². The molecule has 0 saturated carbocycles. The van der Waals surface area contributed by atoms with E-state index in [2.05, 4.69) is 20.5 Å². The monoisotopic (exact) mass is 280 g/mol. The molecule has 0 aliphatic rings. The minimum atomic E-state index is -0.366. The minimum Gasteiger partial charge on any atom is -0.490 e. The van der Waals surface area contributed by atoms with Gasteiger partial charge in [-0.2, -0.15) is 10.1 Å². The van der Waals surface area contributed by atoms with Crippen molar-refractivity contribution in [2.45, 2.75) is 20.0 Å². The molecule has 0 spiro atoms. The molecule has 0 bridgehead atoms. The van der Waals surface area contributed by atoms with E-state index in [4.69, 9.17) is 16.3 Å². The van der Waals surface area contributed by atoms with Crippen molar-refractivity contribution in [1.82, 2.24) is 15.2 Å². The molecule has 0 aliphatic carbocycles. The van der Waals surface area contributed by atoms with Crippen LogP contribution < -0.4 is 10.1 Å². The molecule has 1 aromatic heterocycles. The summed E-state index contributed by atoms with van der Waals surface area (Å²) in [6.45, 7) is 3.76. The first-order valence-corrected chi connectivity index (χ1v) is 6.07. The molecule has 1 heterocycles. The van der Waals surface area contributed by atoms with Crippen molar-refractivity contribution in [1.29, 1.82) is 0 Å². The molecule has 7 heteroatoms. The van der Waals surface area contributed by atoms with Crippen molar-refractivity contribution in [3.8, 4) is 5.75 Å². The number of nitrogens with one attached hydrogen (secondary N) is 2. The normalized spacial score (nSPS) is 10.5. The van der Waals surface area contributed by atoms with Crippen LogP contribution in [0, 0.1) is 0 Å². The number of carbonyl (C=O) groups is 1. The third-order valence-electron chi connectivity index (χ3n) is 2.20. The Kier molecular flexibility index (Phi) is 4.01. The van der Waals surface area contributed by atoms with Crippen molar-refractivity contribution in [2.75, 3.05) is 5.32 Å². The highest BCUT2D eigenvalue weighted by Gasteiger charge is 2.15. The van der Waals surface area contributed by atoms with Crippen LogP contribution in [-0.4, -0.2) is 27.2 Å². The first-order valence-electron chi connectivity index (χ1n) is 5.69. The van der Waals surface area contributed by atoms with Crippen molar-refractivity contribution in [3.63, 3.8) is 0 Å². The number of H-pyrrole nitrogens is 1. The van der Waals surface area contributed by atoms with E-state index < -0.39 is 0 Å². The second kappa shape index (κ2) is 5.71. The number of carbonyl (C=O) groups excluding carboxylic acids is 1. The van der Waals surface area contributed by atoms with Crippen molar-refractivity contribution >= 4 is 23.5 Å². The summed E-state index contributed by atoms with van der Waals surface area (Å²) in [4.78, 5) is 16.0. The summed E-state index contributed by atoms with van der Waals surface area (Å²) in [7, 11) is 0. The Hall–Kier alpha value is -2.08. The molecule has 100 valence electrons. The fourth-order valence-corrected chi connectivity index (χ4v) is 1.65. The maximum Gasteiger partial charge on any atom is 0.261 e. The number of ether oxygens (including phenoxy) is 1. The summed E-state index contributed by atoms with van der Waals surface area (Å²) in [5.41, 5.74) is 0.345. The fourth-order valence-electron chi connectivity index (χ4n) is 1.48. The van der Waals surface area contributed by atoms with E-state index in [0.29, 0.717) is 16.3 Å². The maximum atomic E-state index is 12.1. The summed E-state index contributed by atoms with van der Waals surface area (Å²) < 4.78 is 5.57. The molecule has 1 amide bonds. The van der Waals surface area contributed by atoms with Gasteiger partial charge in [0.1, 0.15) is 12.1 Å². The number of aromatic nitrogens is 3. The van der Waals surface area contributed by atoms with Gasteiger partial charge in [-0.3, -0.25) is 10.1 Å².